The highest BCUT2D eigenvalue weighted by atomic mass is 16.4. The Balaban J connectivity index is 1.93. The molecule has 0 aliphatic carbocycles. The van der Waals surface area contributed by atoms with Gasteiger partial charge in [0.2, 0.25) is 5.91 Å². The van der Waals surface area contributed by atoms with E-state index in [1.165, 1.54) is 0 Å². The zero-order valence-corrected chi connectivity index (χ0v) is 17.4. The van der Waals surface area contributed by atoms with Crippen LogP contribution in [0.4, 0.5) is 0 Å². The summed E-state index contributed by atoms with van der Waals surface area (Å²) in [6, 6.07) is 10.3. The highest BCUT2D eigenvalue weighted by Gasteiger charge is 2.28. The van der Waals surface area contributed by atoms with Crippen LogP contribution in [0.2, 0.25) is 0 Å². The topological polar surface area (TPSA) is 72.9 Å². The smallest absolute Gasteiger partial charge is 0.317 e. The van der Waals surface area contributed by atoms with Crippen molar-refractivity contribution in [2.24, 2.45) is 0 Å². The molecule has 1 aromatic rings. The van der Waals surface area contributed by atoms with Gasteiger partial charge in [-0.05, 0) is 51.8 Å². The van der Waals surface area contributed by atoms with Gasteiger partial charge in [-0.15, -0.1) is 0 Å². The number of carbonyl (C=O) groups excluding carboxylic acids is 1. The largest absolute Gasteiger partial charge is 0.480 e. The summed E-state index contributed by atoms with van der Waals surface area (Å²) < 4.78 is 0. The number of carboxylic acids is 1. The fourth-order valence-electron chi connectivity index (χ4n) is 4.03. The van der Waals surface area contributed by atoms with Crippen LogP contribution in [0.3, 0.4) is 0 Å². The Morgan fingerprint density at radius 2 is 1.96 bits per heavy atom. The first-order chi connectivity index (χ1) is 13.4. The summed E-state index contributed by atoms with van der Waals surface area (Å²) in [5, 5.41) is 12.3. The molecule has 156 valence electrons. The SMILES string of the molecule is CCCC(NC(=O)C(C)N1CCCC(N(C)CC(=O)O)CC1)c1ccccc1. The standard InChI is InChI=1S/C22H35N3O3/c1-4-9-20(18-10-6-5-7-11-18)23-22(28)17(2)25-14-8-12-19(13-15-25)24(3)16-21(26)27/h5-7,10-11,17,19-20H,4,8-9,12-16H2,1-3H3,(H,23,28)(H,26,27). The minimum atomic E-state index is -0.792. The van der Waals surface area contributed by atoms with Gasteiger partial charge in [-0.3, -0.25) is 19.4 Å². The molecule has 3 unspecified atom stereocenters. The highest BCUT2D eigenvalue weighted by Crippen LogP contribution is 2.20. The number of hydrogen-bond donors (Lipinski definition) is 2. The Bertz CT molecular complexity index is 623. The number of carboxylic acid groups (broad SMARTS) is 1. The third kappa shape index (κ3) is 6.60. The second kappa shape index (κ2) is 11.2. The van der Waals surface area contributed by atoms with Gasteiger partial charge in [0.1, 0.15) is 0 Å². The van der Waals surface area contributed by atoms with Gasteiger partial charge in [-0.1, -0.05) is 43.7 Å². The highest BCUT2D eigenvalue weighted by molar-refractivity contribution is 5.81. The third-order valence-corrected chi connectivity index (χ3v) is 5.76. The molecule has 2 rings (SSSR count). The first-order valence-corrected chi connectivity index (χ1v) is 10.4. The summed E-state index contributed by atoms with van der Waals surface area (Å²) in [5.41, 5.74) is 1.15. The molecule has 1 aliphatic rings. The molecule has 1 fully saturated rings. The second-order valence-electron chi connectivity index (χ2n) is 7.87. The number of aliphatic carboxylic acids is 1. The van der Waals surface area contributed by atoms with Crippen molar-refractivity contribution in [3.05, 3.63) is 35.9 Å². The molecule has 1 amide bonds. The number of nitrogens with one attached hydrogen (secondary N) is 1. The van der Waals surface area contributed by atoms with E-state index in [2.05, 4.69) is 29.3 Å². The molecule has 0 radical (unpaired) electrons. The summed E-state index contributed by atoms with van der Waals surface area (Å²) in [4.78, 5) is 28.1. The quantitative estimate of drug-likeness (QED) is 0.679. The van der Waals surface area contributed by atoms with Crippen molar-refractivity contribution >= 4 is 11.9 Å². The van der Waals surface area contributed by atoms with Gasteiger partial charge < -0.3 is 10.4 Å². The van der Waals surface area contributed by atoms with E-state index in [1.54, 1.807) is 0 Å². The Hall–Kier alpha value is -1.92. The van der Waals surface area contributed by atoms with Crippen molar-refractivity contribution in [1.82, 2.24) is 15.1 Å². The predicted octanol–water partition coefficient (Wildman–Crippen LogP) is 2.90. The number of nitrogens with zero attached hydrogens (tertiary/aromatic N) is 2. The minimum absolute atomic E-state index is 0.0441. The van der Waals surface area contributed by atoms with Crippen LogP contribution in [0.5, 0.6) is 0 Å². The van der Waals surface area contributed by atoms with Gasteiger partial charge in [0.15, 0.2) is 0 Å². The lowest BCUT2D eigenvalue weighted by Crippen LogP contribution is -2.46. The average Bonchev–Trinajstić information content (AvgIpc) is 2.93. The molecule has 1 heterocycles. The minimum Gasteiger partial charge on any atom is -0.480 e. The van der Waals surface area contributed by atoms with Crippen LogP contribution >= 0.6 is 0 Å². The van der Waals surface area contributed by atoms with Crippen molar-refractivity contribution in [2.75, 3.05) is 26.7 Å². The van der Waals surface area contributed by atoms with E-state index < -0.39 is 5.97 Å². The molecule has 0 saturated carbocycles. The number of likely N-dealkylation sites (N-methyl/N-ethyl adjacent to an activating group) is 1. The molecular formula is C22H35N3O3. The zero-order valence-electron chi connectivity index (χ0n) is 17.4. The molecule has 1 aliphatic heterocycles. The van der Waals surface area contributed by atoms with Crippen LogP contribution in [0.1, 0.15) is 57.6 Å². The number of benzene rings is 1. The molecule has 1 aromatic carbocycles. The zero-order chi connectivity index (χ0) is 20.5. The van der Waals surface area contributed by atoms with Crippen molar-refractivity contribution < 1.29 is 14.7 Å². The molecule has 28 heavy (non-hydrogen) atoms. The molecule has 0 spiro atoms. The number of carbonyl (C=O) groups is 2. The van der Waals surface area contributed by atoms with Crippen molar-refractivity contribution in [3.8, 4) is 0 Å². The van der Waals surface area contributed by atoms with Crippen molar-refractivity contribution in [2.45, 2.75) is 64.1 Å². The first-order valence-electron chi connectivity index (χ1n) is 10.4. The van der Waals surface area contributed by atoms with Crippen LogP contribution in [0, 0.1) is 0 Å². The molecule has 6 nitrogen and oxygen atoms in total. The van der Waals surface area contributed by atoms with Gasteiger partial charge in [0.25, 0.3) is 0 Å². The molecule has 0 aromatic heterocycles. The Labute approximate surface area is 168 Å². The summed E-state index contributed by atoms with van der Waals surface area (Å²) in [7, 11) is 1.87. The van der Waals surface area contributed by atoms with Crippen LogP contribution in [0.25, 0.3) is 0 Å². The van der Waals surface area contributed by atoms with Gasteiger partial charge in [-0.2, -0.15) is 0 Å². The Kier molecular flexibility index (Phi) is 8.93. The molecule has 6 heteroatoms. The molecule has 2 N–H and O–H groups in total. The number of amides is 1. The van der Waals surface area contributed by atoms with E-state index in [9.17, 15) is 9.59 Å². The van der Waals surface area contributed by atoms with E-state index in [1.807, 2.05) is 37.1 Å². The van der Waals surface area contributed by atoms with Crippen LogP contribution in [-0.4, -0.2) is 65.5 Å². The monoisotopic (exact) mass is 389 g/mol. The van der Waals surface area contributed by atoms with Gasteiger partial charge in [0, 0.05) is 12.6 Å². The Morgan fingerprint density at radius 3 is 2.61 bits per heavy atom. The van der Waals surface area contributed by atoms with Gasteiger partial charge in [-0.25, -0.2) is 0 Å². The second-order valence-corrected chi connectivity index (χ2v) is 7.87. The van der Waals surface area contributed by atoms with Crippen molar-refractivity contribution in [3.63, 3.8) is 0 Å². The van der Waals surface area contributed by atoms with Crippen LogP contribution < -0.4 is 5.32 Å². The van der Waals surface area contributed by atoms with E-state index in [0.717, 1.165) is 50.8 Å². The maximum Gasteiger partial charge on any atom is 0.317 e. The van der Waals surface area contributed by atoms with Crippen molar-refractivity contribution in [1.29, 1.82) is 0 Å². The fraction of sp³-hybridized carbons (Fsp3) is 0.636. The third-order valence-electron chi connectivity index (χ3n) is 5.76. The predicted molar refractivity (Wildman–Crippen MR) is 111 cm³/mol. The van der Waals surface area contributed by atoms with Gasteiger partial charge >= 0.3 is 5.97 Å². The normalized spacial score (nSPS) is 20.4. The summed E-state index contributed by atoms with van der Waals surface area (Å²) >= 11 is 0. The van der Waals surface area contributed by atoms with Crippen LogP contribution in [-0.2, 0) is 9.59 Å². The van der Waals surface area contributed by atoms with E-state index in [4.69, 9.17) is 5.11 Å². The molecule has 1 saturated heterocycles. The average molecular weight is 390 g/mol. The van der Waals surface area contributed by atoms with E-state index in [0.29, 0.717) is 0 Å². The lowest BCUT2D eigenvalue weighted by molar-refractivity contribution is -0.138. The van der Waals surface area contributed by atoms with Gasteiger partial charge in [0.05, 0.1) is 18.6 Å². The Morgan fingerprint density at radius 1 is 1.25 bits per heavy atom. The van der Waals surface area contributed by atoms with Crippen LogP contribution in [0.15, 0.2) is 30.3 Å². The number of rotatable bonds is 9. The number of hydrogen-bond acceptors (Lipinski definition) is 4. The summed E-state index contributed by atoms with van der Waals surface area (Å²) in [6.45, 7) is 5.86. The van der Waals surface area contributed by atoms with E-state index >= 15 is 0 Å². The molecular weight excluding hydrogens is 354 g/mol. The first kappa shape index (κ1) is 22.4. The summed E-state index contributed by atoms with van der Waals surface area (Å²) in [6.07, 6.45) is 4.76. The van der Waals surface area contributed by atoms with E-state index in [-0.39, 0.29) is 30.6 Å². The maximum atomic E-state index is 12.9. The summed E-state index contributed by atoms with van der Waals surface area (Å²) in [5.74, 6) is -0.723. The molecule has 0 bridgehead atoms. The number of likely N-dealkylation sites (tertiary alicyclic amines) is 1. The lowest BCUT2D eigenvalue weighted by atomic mass is 10.0. The lowest BCUT2D eigenvalue weighted by Gasteiger charge is -2.29. The fourth-order valence-corrected chi connectivity index (χ4v) is 4.03. The molecule has 3 atom stereocenters. The maximum absolute atomic E-state index is 12.9.